The first-order chi connectivity index (χ1) is 18.1. The van der Waals surface area contributed by atoms with Crippen molar-refractivity contribution in [3.05, 3.63) is 89.6 Å². The number of ether oxygens (including phenoxy) is 3. The predicted octanol–water partition coefficient (Wildman–Crippen LogP) is 2.71. The Morgan fingerprint density at radius 2 is 1.95 bits per heavy atom. The quantitative estimate of drug-likeness (QED) is 0.426. The van der Waals surface area contributed by atoms with Gasteiger partial charge in [-0.15, -0.1) is 0 Å². The minimum absolute atomic E-state index is 0.253. The van der Waals surface area contributed by atoms with Gasteiger partial charge in [-0.1, -0.05) is 47.2 Å². The average molecular weight is 556 g/mol. The molecule has 4 rings (SSSR count). The lowest BCUT2D eigenvalue weighted by Gasteiger charge is -2.26. The molecule has 1 aromatic heterocycles. The highest BCUT2D eigenvalue weighted by atomic mass is 35.5. The van der Waals surface area contributed by atoms with E-state index in [2.05, 4.69) is 4.99 Å². The van der Waals surface area contributed by atoms with Crippen LogP contribution in [0.1, 0.15) is 37.9 Å². The molecule has 2 aromatic carbocycles. The van der Waals surface area contributed by atoms with Crippen molar-refractivity contribution < 1.29 is 23.8 Å². The van der Waals surface area contributed by atoms with Crippen LogP contribution in [0.3, 0.4) is 0 Å². The summed E-state index contributed by atoms with van der Waals surface area (Å²) in [7, 11) is 1.47. The second-order valence-electron chi connectivity index (χ2n) is 8.72. The van der Waals surface area contributed by atoms with Crippen LogP contribution in [0.15, 0.2) is 63.5 Å². The molecule has 0 fully saturated rings. The Balaban J connectivity index is 1.87. The number of benzene rings is 2. The van der Waals surface area contributed by atoms with Crippen molar-refractivity contribution in [2.24, 2.45) is 10.7 Å². The first-order valence-electron chi connectivity index (χ1n) is 11.7. The molecule has 0 aliphatic carbocycles. The van der Waals surface area contributed by atoms with Crippen LogP contribution >= 0.6 is 22.9 Å². The molecule has 2 N–H and O–H groups in total. The van der Waals surface area contributed by atoms with E-state index in [4.69, 9.17) is 31.5 Å². The van der Waals surface area contributed by atoms with E-state index in [1.165, 1.54) is 23.0 Å². The van der Waals surface area contributed by atoms with Gasteiger partial charge in [0.25, 0.3) is 11.5 Å². The molecular formula is C27H26ClN3O6S. The van der Waals surface area contributed by atoms with Gasteiger partial charge in [-0.2, -0.15) is 0 Å². The van der Waals surface area contributed by atoms with Gasteiger partial charge in [0, 0.05) is 5.02 Å². The summed E-state index contributed by atoms with van der Waals surface area (Å²) >= 11 is 7.74. The maximum atomic E-state index is 13.8. The van der Waals surface area contributed by atoms with Gasteiger partial charge >= 0.3 is 5.97 Å². The smallest absolute Gasteiger partial charge is 0.338 e. The summed E-state index contributed by atoms with van der Waals surface area (Å²) in [4.78, 5) is 43.0. The zero-order chi connectivity index (χ0) is 27.6. The highest BCUT2D eigenvalue weighted by Gasteiger charge is 2.34. The maximum Gasteiger partial charge on any atom is 0.338 e. The Kier molecular flexibility index (Phi) is 8.03. The fourth-order valence-corrected chi connectivity index (χ4v) is 5.33. The van der Waals surface area contributed by atoms with Gasteiger partial charge in [0.15, 0.2) is 22.9 Å². The molecule has 2 heterocycles. The molecule has 11 heteroatoms. The van der Waals surface area contributed by atoms with Gasteiger partial charge in [0.2, 0.25) is 0 Å². The highest BCUT2D eigenvalue weighted by Crippen LogP contribution is 2.34. The van der Waals surface area contributed by atoms with Gasteiger partial charge < -0.3 is 19.9 Å². The number of halogens is 1. The summed E-state index contributed by atoms with van der Waals surface area (Å²) in [5.74, 6) is -0.460. The van der Waals surface area contributed by atoms with Crippen LogP contribution in [-0.4, -0.2) is 36.3 Å². The van der Waals surface area contributed by atoms with Crippen molar-refractivity contribution in [1.82, 2.24) is 4.57 Å². The Bertz CT molecular complexity index is 1620. The molecule has 0 saturated heterocycles. The predicted molar refractivity (Wildman–Crippen MR) is 144 cm³/mol. The molecule has 0 radical (unpaired) electrons. The first kappa shape index (κ1) is 27.2. The van der Waals surface area contributed by atoms with Crippen LogP contribution < -0.4 is 30.1 Å². The van der Waals surface area contributed by atoms with Crippen molar-refractivity contribution in [3.63, 3.8) is 0 Å². The third-order valence-electron chi connectivity index (χ3n) is 5.64. The zero-order valence-electron chi connectivity index (χ0n) is 21.2. The number of primary amides is 1. The molecule has 1 aliphatic heterocycles. The molecule has 3 aromatic rings. The number of aromatic nitrogens is 1. The van der Waals surface area contributed by atoms with Crippen molar-refractivity contribution in [2.75, 3.05) is 13.7 Å². The van der Waals surface area contributed by atoms with E-state index in [1.54, 1.807) is 69.3 Å². The maximum absolute atomic E-state index is 13.8. The molecular weight excluding hydrogens is 530 g/mol. The molecule has 0 saturated carbocycles. The SMILES string of the molecule is COc1cc(C=c2sc3n(c2=O)C(c2ccccc2Cl)C(C(=O)OC(C)C)=C(C)N=3)ccc1OCC(N)=O. The molecule has 1 amide bonds. The monoisotopic (exact) mass is 555 g/mol. The van der Waals surface area contributed by atoms with E-state index in [0.29, 0.717) is 42.7 Å². The summed E-state index contributed by atoms with van der Waals surface area (Å²) in [6, 6.07) is 11.3. The van der Waals surface area contributed by atoms with Crippen LogP contribution in [0.25, 0.3) is 6.08 Å². The van der Waals surface area contributed by atoms with E-state index in [0.717, 1.165) is 0 Å². The third-order valence-corrected chi connectivity index (χ3v) is 6.97. The van der Waals surface area contributed by atoms with Crippen molar-refractivity contribution in [1.29, 1.82) is 0 Å². The number of allylic oxidation sites excluding steroid dienone is 1. The zero-order valence-corrected chi connectivity index (χ0v) is 22.8. The number of amides is 1. The van der Waals surface area contributed by atoms with Gasteiger partial charge in [0.1, 0.15) is 6.04 Å². The van der Waals surface area contributed by atoms with E-state index < -0.39 is 17.9 Å². The minimum Gasteiger partial charge on any atom is -0.493 e. The first-order valence-corrected chi connectivity index (χ1v) is 12.9. The lowest BCUT2D eigenvalue weighted by atomic mass is 9.96. The van der Waals surface area contributed by atoms with Gasteiger partial charge in [0.05, 0.1) is 29.0 Å². The van der Waals surface area contributed by atoms with Crippen LogP contribution in [0.2, 0.25) is 5.02 Å². The molecule has 38 heavy (non-hydrogen) atoms. The number of methoxy groups -OCH3 is 1. The normalized spacial score (nSPS) is 15.2. The second kappa shape index (κ2) is 11.2. The van der Waals surface area contributed by atoms with Crippen LogP contribution in [-0.2, 0) is 14.3 Å². The Hall–Kier alpha value is -3.89. The van der Waals surface area contributed by atoms with E-state index in [-0.39, 0.29) is 23.8 Å². The second-order valence-corrected chi connectivity index (χ2v) is 10.1. The van der Waals surface area contributed by atoms with Crippen molar-refractivity contribution in [2.45, 2.75) is 32.9 Å². The molecule has 198 valence electrons. The Labute approximate surface area is 227 Å². The summed E-state index contributed by atoms with van der Waals surface area (Å²) < 4.78 is 18.1. The van der Waals surface area contributed by atoms with Gasteiger partial charge in [-0.3, -0.25) is 14.2 Å². The number of carbonyl (C=O) groups excluding carboxylic acids is 2. The largest absolute Gasteiger partial charge is 0.493 e. The van der Waals surface area contributed by atoms with E-state index in [1.807, 2.05) is 0 Å². The summed E-state index contributed by atoms with van der Waals surface area (Å²) in [5, 5.41) is 0.410. The topological polar surface area (TPSA) is 122 Å². The van der Waals surface area contributed by atoms with Crippen LogP contribution in [0.4, 0.5) is 0 Å². The molecule has 0 spiro atoms. The number of nitrogens with two attached hydrogens (primary N) is 1. The lowest BCUT2D eigenvalue weighted by Crippen LogP contribution is -2.40. The molecule has 0 bridgehead atoms. The molecule has 1 atom stereocenters. The number of carbonyl (C=O) groups is 2. The number of hydrogen-bond donors (Lipinski definition) is 1. The lowest BCUT2D eigenvalue weighted by molar-refractivity contribution is -0.143. The molecule has 1 unspecified atom stereocenters. The number of hydrogen-bond acceptors (Lipinski definition) is 8. The summed E-state index contributed by atoms with van der Waals surface area (Å²) in [6.07, 6.45) is 1.34. The number of rotatable bonds is 8. The van der Waals surface area contributed by atoms with E-state index in [9.17, 15) is 14.4 Å². The van der Waals surface area contributed by atoms with Crippen LogP contribution in [0, 0.1) is 0 Å². The fourth-order valence-electron chi connectivity index (χ4n) is 4.04. The van der Waals surface area contributed by atoms with Gasteiger partial charge in [-0.25, -0.2) is 9.79 Å². The fraction of sp³-hybridized carbons (Fsp3) is 0.259. The Morgan fingerprint density at radius 3 is 2.61 bits per heavy atom. The highest BCUT2D eigenvalue weighted by molar-refractivity contribution is 7.07. The van der Waals surface area contributed by atoms with Crippen molar-refractivity contribution in [3.8, 4) is 11.5 Å². The minimum atomic E-state index is -0.813. The Morgan fingerprint density at radius 1 is 1.21 bits per heavy atom. The van der Waals surface area contributed by atoms with Crippen molar-refractivity contribution >= 4 is 40.9 Å². The van der Waals surface area contributed by atoms with Gasteiger partial charge in [-0.05, 0) is 56.2 Å². The molecule has 1 aliphatic rings. The average Bonchev–Trinajstić information content (AvgIpc) is 3.16. The number of thiazole rings is 1. The number of esters is 1. The summed E-state index contributed by atoms with van der Waals surface area (Å²) in [5.41, 5.74) is 6.76. The number of nitrogens with zero attached hydrogens (tertiary/aromatic N) is 2. The van der Waals surface area contributed by atoms with E-state index >= 15 is 0 Å². The summed E-state index contributed by atoms with van der Waals surface area (Å²) in [6.45, 7) is 4.93. The van der Waals surface area contributed by atoms with Crippen LogP contribution in [0.5, 0.6) is 11.5 Å². The third kappa shape index (κ3) is 5.51. The standard InChI is InChI=1S/C27H26ClN3O6S/c1-14(2)37-26(34)23-15(3)30-27-31(24(23)17-7-5-6-8-18(17)28)25(33)21(38-27)12-16-9-10-19(20(11-16)35-4)36-13-22(29)32/h5-12,14,24H,13H2,1-4H3,(H2,29,32). The number of fused-ring (bicyclic) bond motifs is 1. The molecule has 9 nitrogen and oxygen atoms in total.